The van der Waals surface area contributed by atoms with Gasteiger partial charge in [-0.1, -0.05) is 33.1 Å². The molecule has 1 rings (SSSR count). The molecule has 1 fully saturated rings. The fraction of sp³-hybridized carbons (Fsp3) is 0.917. The molecule has 0 heterocycles. The van der Waals surface area contributed by atoms with Crippen LogP contribution in [0.5, 0.6) is 0 Å². The van der Waals surface area contributed by atoms with E-state index in [9.17, 15) is 4.79 Å². The van der Waals surface area contributed by atoms with E-state index in [4.69, 9.17) is 5.11 Å². The molecule has 0 radical (unpaired) electrons. The van der Waals surface area contributed by atoms with Gasteiger partial charge in [0, 0.05) is 6.42 Å². The predicted octanol–water partition coefficient (Wildman–Crippen LogP) is 3.31. The number of hydrogen-bond acceptors (Lipinski definition) is 1. The molecule has 1 aliphatic rings. The molecule has 1 N–H and O–H groups in total. The second-order valence-corrected chi connectivity index (χ2v) is 4.80. The topological polar surface area (TPSA) is 37.3 Å². The van der Waals surface area contributed by atoms with Crippen LogP contribution in [0.25, 0.3) is 0 Å². The third kappa shape index (κ3) is 3.32. The van der Waals surface area contributed by atoms with Crippen molar-refractivity contribution >= 4 is 5.97 Å². The van der Waals surface area contributed by atoms with E-state index in [0.717, 1.165) is 12.3 Å². The molecule has 14 heavy (non-hydrogen) atoms. The van der Waals surface area contributed by atoms with Gasteiger partial charge in [0.05, 0.1) is 0 Å². The van der Waals surface area contributed by atoms with Gasteiger partial charge in [-0.2, -0.15) is 0 Å². The maximum absolute atomic E-state index is 10.6. The molecule has 1 saturated carbocycles. The Balaban J connectivity index is 2.35. The van der Waals surface area contributed by atoms with E-state index in [2.05, 4.69) is 13.8 Å². The lowest BCUT2D eigenvalue weighted by atomic mass is 9.72. The summed E-state index contributed by atoms with van der Waals surface area (Å²) in [6.45, 7) is 4.45. The highest BCUT2D eigenvalue weighted by atomic mass is 16.4. The first-order chi connectivity index (χ1) is 6.63. The van der Waals surface area contributed by atoms with Crippen LogP contribution in [0.2, 0.25) is 0 Å². The second-order valence-electron chi connectivity index (χ2n) is 4.80. The first kappa shape index (κ1) is 11.5. The van der Waals surface area contributed by atoms with Crippen LogP contribution in [-0.2, 0) is 4.79 Å². The molecule has 0 spiro atoms. The van der Waals surface area contributed by atoms with Gasteiger partial charge in [0.1, 0.15) is 0 Å². The lowest BCUT2D eigenvalue weighted by Gasteiger charge is -2.33. The van der Waals surface area contributed by atoms with Gasteiger partial charge in [-0.15, -0.1) is 0 Å². The summed E-state index contributed by atoms with van der Waals surface area (Å²) in [6.07, 6.45) is 6.57. The van der Waals surface area contributed by atoms with Gasteiger partial charge in [0.2, 0.25) is 0 Å². The average molecular weight is 198 g/mol. The Morgan fingerprint density at radius 1 is 1.43 bits per heavy atom. The minimum absolute atomic E-state index is 0.375. The molecule has 0 saturated heterocycles. The van der Waals surface area contributed by atoms with Crippen molar-refractivity contribution in [2.75, 3.05) is 0 Å². The predicted molar refractivity (Wildman–Crippen MR) is 57.2 cm³/mol. The zero-order chi connectivity index (χ0) is 10.6. The van der Waals surface area contributed by atoms with Crippen LogP contribution in [0.15, 0.2) is 0 Å². The monoisotopic (exact) mass is 198 g/mol. The van der Waals surface area contributed by atoms with Gasteiger partial charge in [0.15, 0.2) is 0 Å². The summed E-state index contributed by atoms with van der Waals surface area (Å²) in [6, 6.07) is 0. The summed E-state index contributed by atoms with van der Waals surface area (Å²) in [4.78, 5) is 10.6. The molecule has 2 nitrogen and oxygen atoms in total. The third-order valence-electron chi connectivity index (χ3n) is 3.59. The number of rotatable bonds is 4. The summed E-state index contributed by atoms with van der Waals surface area (Å²) >= 11 is 0. The highest BCUT2D eigenvalue weighted by molar-refractivity contribution is 5.67. The molecule has 0 aromatic carbocycles. The van der Waals surface area contributed by atoms with Crippen molar-refractivity contribution in [1.29, 1.82) is 0 Å². The summed E-state index contributed by atoms with van der Waals surface area (Å²) in [5, 5.41) is 8.75. The van der Waals surface area contributed by atoms with Crippen molar-refractivity contribution in [3.05, 3.63) is 0 Å². The van der Waals surface area contributed by atoms with Crippen LogP contribution < -0.4 is 0 Å². The SMILES string of the molecule is CCCC1CCC(CC(=O)O)C(C)C1. The molecule has 82 valence electrons. The molecule has 0 aromatic rings. The molecule has 0 aromatic heterocycles. The molecule has 0 bridgehead atoms. The van der Waals surface area contributed by atoms with Crippen molar-refractivity contribution in [2.24, 2.45) is 17.8 Å². The fourth-order valence-corrected chi connectivity index (χ4v) is 2.77. The van der Waals surface area contributed by atoms with Gasteiger partial charge >= 0.3 is 5.97 Å². The van der Waals surface area contributed by atoms with Crippen LogP contribution in [-0.4, -0.2) is 11.1 Å². The molecule has 0 aliphatic heterocycles. The van der Waals surface area contributed by atoms with Gasteiger partial charge < -0.3 is 5.11 Å². The Hall–Kier alpha value is -0.530. The fourth-order valence-electron chi connectivity index (χ4n) is 2.77. The van der Waals surface area contributed by atoms with E-state index < -0.39 is 5.97 Å². The summed E-state index contributed by atoms with van der Waals surface area (Å²) in [5.41, 5.74) is 0. The molecule has 1 aliphatic carbocycles. The second kappa shape index (κ2) is 5.38. The number of aliphatic carboxylic acids is 1. The van der Waals surface area contributed by atoms with Crippen LogP contribution >= 0.6 is 0 Å². The minimum Gasteiger partial charge on any atom is -0.481 e. The number of hydrogen-bond donors (Lipinski definition) is 1. The maximum Gasteiger partial charge on any atom is 0.303 e. The lowest BCUT2D eigenvalue weighted by Crippen LogP contribution is -2.24. The van der Waals surface area contributed by atoms with E-state index in [1.165, 1.54) is 25.7 Å². The van der Waals surface area contributed by atoms with Crippen LogP contribution in [0.3, 0.4) is 0 Å². The smallest absolute Gasteiger partial charge is 0.303 e. The summed E-state index contributed by atoms with van der Waals surface area (Å²) in [7, 11) is 0. The quantitative estimate of drug-likeness (QED) is 0.752. The number of carboxylic acids is 1. The zero-order valence-corrected chi connectivity index (χ0v) is 9.33. The van der Waals surface area contributed by atoms with Crippen LogP contribution in [0.1, 0.15) is 52.4 Å². The summed E-state index contributed by atoms with van der Waals surface area (Å²) < 4.78 is 0. The van der Waals surface area contributed by atoms with Crippen molar-refractivity contribution in [3.63, 3.8) is 0 Å². The van der Waals surface area contributed by atoms with E-state index in [-0.39, 0.29) is 0 Å². The van der Waals surface area contributed by atoms with Crippen molar-refractivity contribution < 1.29 is 9.90 Å². The van der Waals surface area contributed by atoms with Crippen LogP contribution in [0, 0.1) is 17.8 Å². The third-order valence-corrected chi connectivity index (χ3v) is 3.59. The molecule has 2 heteroatoms. The van der Waals surface area contributed by atoms with E-state index in [1.54, 1.807) is 0 Å². The Bertz CT molecular complexity index is 189. The first-order valence-corrected chi connectivity index (χ1v) is 5.85. The average Bonchev–Trinajstić information content (AvgIpc) is 2.10. The maximum atomic E-state index is 10.6. The van der Waals surface area contributed by atoms with Gasteiger partial charge in [-0.3, -0.25) is 4.79 Å². The Morgan fingerprint density at radius 2 is 2.14 bits per heavy atom. The molecule has 3 unspecified atom stereocenters. The van der Waals surface area contributed by atoms with E-state index >= 15 is 0 Å². The highest BCUT2D eigenvalue weighted by Crippen LogP contribution is 2.37. The molecule has 0 amide bonds. The lowest BCUT2D eigenvalue weighted by molar-refractivity contribution is -0.138. The summed E-state index contributed by atoms with van der Waals surface area (Å²) in [5.74, 6) is 1.27. The Morgan fingerprint density at radius 3 is 2.64 bits per heavy atom. The largest absolute Gasteiger partial charge is 0.481 e. The van der Waals surface area contributed by atoms with E-state index in [0.29, 0.717) is 18.3 Å². The molecular weight excluding hydrogens is 176 g/mol. The highest BCUT2D eigenvalue weighted by Gasteiger charge is 2.28. The van der Waals surface area contributed by atoms with Gasteiger partial charge in [0.25, 0.3) is 0 Å². The molecular formula is C12H22O2. The zero-order valence-electron chi connectivity index (χ0n) is 9.33. The number of carbonyl (C=O) groups is 1. The Kier molecular flexibility index (Phi) is 4.43. The molecule has 3 atom stereocenters. The van der Waals surface area contributed by atoms with Gasteiger partial charge in [-0.05, 0) is 30.6 Å². The van der Waals surface area contributed by atoms with Gasteiger partial charge in [-0.25, -0.2) is 0 Å². The standard InChI is InChI=1S/C12H22O2/c1-3-4-10-5-6-11(8-12(13)14)9(2)7-10/h9-11H,3-8H2,1-2H3,(H,13,14). The Labute approximate surface area is 86.7 Å². The van der Waals surface area contributed by atoms with Crippen molar-refractivity contribution in [1.82, 2.24) is 0 Å². The first-order valence-electron chi connectivity index (χ1n) is 5.85. The van der Waals surface area contributed by atoms with E-state index in [1.807, 2.05) is 0 Å². The van der Waals surface area contributed by atoms with Crippen molar-refractivity contribution in [3.8, 4) is 0 Å². The number of carboxylic acid groups (broad SMARTS) is 1. The van der Waals surface area contributed by atoms with Crippen LogP contribution in [0.4, 0.5) is 0 Å². The minimum atomic E-state index is -0.629. The normalized spacial score (nSPS) is 32.9. The van der Waals surface area contributed by atoms with Crippen molar-refractivity contribution in [2.45, 2.75) is 52.4 Å².